The Kier molecular flexibility index (Phi) is 14.3. The van der Waals surface area contributed by atoms with Crippen LogP contribution in [0.5, 0.6) is 0 Å². The summed E-state index contributed by atoms with van der Waals surface area (Å²) in [4.78, 5) is 20.7. The van der Waals surface area contributed by atoms with E-state index in [-0.39, 0.29) is 23.0 Å². The second-order valence-corrected chi connectivity index (χ2v) is 28.8. The maximum absolute atomic E-state index is 10.6. The summed E-state index contributed by atoms with van der Waals surface area (Å²) in [6, 6.07) is 102. The number of nitrogens with zero attached hydrogens (tertiary/aromatic N) is 7. The van der Waals surface area contributed by atoms with Crippen molar-refractivity contribution in [3.8, 4) is 79.3 Å². The average Bonchev–Trinajstić information content (AvgIpc) is 0.760. The molecule has 16 rings (SSSR count). The van der Waals surface area contributed by atoms with E-state index in [1.807, 2.05) is 72.8 Å². The van der Waals surface area contributed by atoms with Gasteiger partial charge in [-0.3, -0.25) is 0 Å². The zero-order valence-electron chi connectivity index (χ0n) is 55.7. The number of anilines is 6. The second-order valence-electron chi connectivity index (χ2n) is 28.8. The van der Waals surface area contributed by atoms with Gasteiger partial charge in [0.05, 0.1) is 28.4 Å². The second kappa shape index (κ2) is 23.0. The number of hydrogen-bond acceptors (Lipinski definition) is 6. The van der Waals surface area contributed by atoms with Crippen LogP contribution < -0.4 is 26.2 Å². The molecule has 12 aromatic carbocycles. The molecule has 14 aromatic rings. The standard InChI is InChI=1S/C88H72BN7/c1-86(2,3)65-36-45-76-71(52-65)70-49-63(35-44-75(70)96(76)77-43-30-56(55-90)48-72(77)85-92-83(61-26-18-12-19-27-61)91-84(93-85)62-28-20-13-21-29-62)64-50-80-82-81(51-64)95(69-41-33-60(34-42-69)58-24-16-11-17-25-58)79-47-38-67(88(7,8)9)54-74(79)89(82)73-53-66(87(4,5)6)37-46-78(73)94(80)68-39-31-59(32-40-68)57-22-14-10-15-23-57/h10-54H,1-9H3. The number of nitriles is 1. The molecule has 0 unspecified atom stereocenters. The largest absolute Gasteiger partial charge is 0.311 e. The number of hydrogen-bond donors (Lipinski definition) is 0. The van der Waals surface area contributed by atoms with E-state index in [0.717, 1.165) is 78.1 Å². The van der Waals surface area contributed by atoms with Gasteiger partial charge in [-0.25, -0.2) is 15.0 Å². The Morgan fingerprint density at radius 1 is 0.323 bits per heavy atom. The summed E-state index contributed by atoms with van der Waals surface area (Å²) < 4.78 is 2.35. The Balaban J connectivity index is 0.965. The molecule has 8 heteroatoms. The normalized spacial score (nSPS) is 12.8. The third kappa shape index (κ3) is 10.4. The smallest absolute Gasteiger partial charge is 0.252 e. The van der Waals surface area contributed by atoms with Crippen LogP contribution in [0, 0.1) is 11.3 Å². The first kappa shape index (κ1) is 59.6. The molecule has 2 aliphatic rings. The van der Waals surface area contributed by atoms with Gasteiger partial charge in [0.25, 0.3) is 6.71 Å². The number of aromatic nitrogens is 4. The van der Waals surface area contributed by atoms with Crippen LogP contribution >= 0.6 is 0 Å². The molecule has 0 aliphatic carbocycles. The van der Waals surface area contributed by atoms with E-state index in [0.29, 0.717) is 23.0 Å². The topological polar surface area (TPSA) is 73.9 Å². The first-order valence-corrected chi connectivity index (χ1v) is 33.3. The third-order valence-electron chi connectivity index (χ3n) is 19.5. The number of fused-ring (bicyclic) bond motifs is 7. The van der Waals surface area contributed by atoms with Crippen molar-refractivity contribution < 1.29 is 0 Å². The van der Waals surface area contributed by atoms with E-state index in [2.05, 4.69) is 283 Å². The highest BCUT2D eigenvalue weighted by Gasteiger charge is 2.45. The van der Waals surface area contributed by atoms with Crippen molar-refractivity contribution in [2.24, 2.45) is 0 Å². The van der Waals surface area contributed by atoms with Crippen LogP contribution in [-0.4, -0.2) is 26.2 Å². The summed E-state index contributed by atoms with van der Waals surface area (Å²) in [6.07, 6.45) is 0. The molecule has 0 spiro atoms. The first-order chi connectivity index (χ1) is 46.4. The summed E-state index contributed by atoms with van der Waals surface area (Å²) in [5.74, 6) is 1.57. The molecule has 0 fully saturated rings. The summed E-state index contributed by atoms with van der Waals surface area (Å²) >= 11 is 0. The molecule has 7 nitrogen and oxygen atoms in total. The predicted molar refractivity (Wildman–Crippen MR) is 402 cm³/mol. The predicted octanol–water partition coefficient (Wildman–Crippen LogP) is 20.8. The Hall–Kier alpha value is -11.4. The molecule has 0 bridgehead atoms. The van der Waals surface area contributed by atoms with Crippen LogP contribution in [0.4, 0.5) is 34.1 Å². The minimum atomic E-state index is -0.149. The van der Waals surface area contributed by atoms with Gasteiger partial charge in [-0.1, -0.05) is 244 Å². The van der Waals surface area contributed by atoms with Gasteiger partial charge in [0.2, 0.25) is 0 Å². The Bertz CT molecular complexity index is 5170. The SMILES string of the molecule is CC(C)(C)c1ccc2c(c1)B1c3cc(C(C)(C)C)ccc3N(c3ccc(-c4ccccc4)cc3)c3cc(-c4ccc5c(c4)c4cc(C(C)(C)C)ccc4n5-c4ccc(C#N)cc4-c4nc(-c5ccccc5)nc(-c5ccccc5)n4)cc(c31)N2c1ccc(-c2ccccc2)cc1. The quantitative estimate of drug-likeness (QED) is 0.134. The van der Waals surface area contributed by atoms with Crippen LogP contribution in [0.2, 0.25) is 0 Å². The van der Waals surface area contributed by atoms with Crippen molar-refractivity contribution in [3.05, 3.63) is 295 Å². The highest BCUT2D eigenvalue weighted by atomic mass is 15.2. The maximum Gasteiger partial charge on any atom is 0.252 e. The van der Waals surface area contributed by atoms with E-state index >= 15 is 0 Å². The minimum Gasteiger partial charge on any atom is -0.311 e. The fourth-order valence-corrected chi connectivity index (χ4v) is 14.4. The maximum atomic E-state index is 10.6. The molecule has 0 N–H and O–H groups in total. The summed E-state index contributed by atoms with van der Waals surface area (Å²) in [5.41, 5.74) is 26.8. The van der Waals surface area contributed by atoms with E-state index in [1.165, 1.54) is 66.7 Å². The van der Waals surface area contributed by atoms with Crippen molar-refractivity contribution in [3.63, 3.8) is 0 Å². The highest BCUT2D eigenvalue weighted by Crippen LogP contribution is 2.49. The number of benzene rings is 12. The molecule has 2 aromatic heterocycles. The molecule has 4 heterocycles. The van der Waals surface area contributed by atoms with Crippen LogP contribution in [0.3, 0.4) is 0 Å². The molecule has 2 aliphatic heterocycles. The first-order valence-electron chi connectivity index (χ1n) is 33.3. The van der Waals surface area contributed by atoms with E-state index < -0.39 is 0 Å². The van der Waals surface area contributed by atoms with Crippen LogP contribution in [0.1, 0.15) is 84.6 Å². The van der Waals surface area contributed by atoms with Crippen LogP contribution in [-0.2, 0) is 16.2 Å². The summed E-state index contributed by atoms with van der Waals surface area (Å²) in [5, 5.41) is 12.9. The van der Waals surface area contributed by atoms with Gasteiger partial charge in [0, 0.05) is 61.6 Å². The molecule has 96 heavy (non-hydrogen) atoms. The average molecular weight is 1240 g/mol. The highest BCUT2D eigenvalue weighted by molar-refractivity contribution is 7.00. The Labute approximate surface area is 563 Å². The zero-order chi connectivity index (χ0) is 65.8. The van der Waals surface area contributed by atoms with Gasteiger partial charge in [-0.2, -0.15) is 5.26 Å². The molecule has 0 saturated heterocycles. The van der Waals surface area contributed by atoms with E-state index in [4.69, 9.17) is 15.0 Å². The fourth-order valence-electron chi connectivity index (χ4n) is 14.4. The van der Waals surface area contributed by atoms with E-state index in [9.17, 15) is 5.26 Å². The molecule has 0 atom stereocenters. The van der Waals surface area contributed by atoms with Gasteiger partial charge >= 0.3 is 0 Å². The molecule has 462 valence electrons. The Morgan fingerprint density at radius 2 is 0.708 bits per heavy atom. The van der Waals surface area contributed by atoms with Crippen molar-refractivity contribution in [2.45, 2.75) is 78.6 Å². The van der Waals surface area contributed by atoms with Crippen molar-refractivity contribution in [1.29, 1.82) is 5.26 Å². The van der Waals surface area contributed by atoms with Gasteiger partial charge in [-0.15, -0.1) is 0 Å². The van der Waals surface area contributed by atoms with Crippen LogP contribution in [0.15, 0.2) is 273 Å². The molecule has 0 saturated carbocycles. The molecule has 0 radical (unpaired) electrons. The zero-order valence-corrected chi connectivity index (χ0v) is 55.7. The summed E-state index contributed by atoms with van der Waals surface area (Å²) in [7, 11) is 0. The van der Waals surface area contributed by atoms with Crippen molar-refractivity contribution >= 4 is 79.0 Å². The molecular formula is C88H72BN7. The Morgan fingerprint density at radius 3 is 1.17 bits per heavy atom. The summed E-state index contributed by atoms with van der Waals surface area (Å²) in [6.45, 7) is 20.7. The molecular weight excluding hydrogens is 1170 g/mol. The lowest BCUT2D eigenvalue weighted by Gasteiger charge is -2.45. The van der Waals surface area contributed by atoms with Crippen molar-refractivity contribution in [1.82, 2.24) is 19.5 Å². The van der Waals surface area contributed by atoms with Gasteiger partial charge in [0.15, 0.2) is 17.5 Å². The molecule has 0 amide bonds. The third-order valence-corrected chi connectivity index (χ3v) is 19.5. The van der Waals surface area contributed by atoms with E-state index in [1.54, 1.807) is 0 Å². The lowest BCUT2D eigenvalue weighted by Crippen LogP contribution is -2.61. The monoisotopic (exact) mass is 1240 g/mol. The fraction of sp³-hybridized carbons (Fsp3) is 0.136. The van der Waals surface area contributed by atoms with Crippen LogP contribution in [0.25, 0.3) is 95.0 Å². The van der Waals surface area contributed by atoms with Crippen molar-refractivity contribution in [2.75, 3.05) is 9.80 Å². The lowest BCUT2D eigenvalue weighted by atomic mass is 9.33. The van der Waals surface area contributed by atoms with Gasteiger partial charge in [-0.05, 0) is 174 Å². The number of rotatable bonds is 9. The van der Waals surface area contributed by atoms with Gasteiger partial charge < -0.3 is 14.4 Å². The van der Waals surface area contributed by atoms with Gasteiger partial charge in [0.1, 0.15) is 0 Å². The lowest BCUT2D eigenvalue weighted by molar-refractivity contribution is 0.590. The minimum absolute atomic E-state index is 0.104.